The van der Waals surface area contributed by atoms with Gasteiger partial charge in [-0.25, -0.2) is 0 Å². The Balaban J connectivity index is 1.66. The maximum Gasteiger partial charge on any atom is 0.387 e. The van der Waals surface area contributed by atoms with Crippen molar-refractivity contribution in [1.82, 2.24) is 5.32 Å². The number of carbonyl (C=O) groups is 1. The van der Waals surface area contributed by atoms with E-state index in [2.05, 4.69) is 10.1 Å². The smallest absolute Gasteiger partial charge is 0.387 e. The topological polar surface area (TPSA) is 41.6 Å². The monoisotopic (exact) mass is 454 g/mol. The van der Waals surface area contributed by atoms with E-state index in [0.717, 1.165) is 11.1 Å². The first-order valence-electron chi connectivity index (χ1n) is 10.1. The van der Waals surface area contributed by atoms with Crippen molar-refractivity contribution in [1.29, 1.82) is 0 Å². The average molecular weight is 455 g/mol. The number of anilines is 1. The van der Waals surface area contributed by atoms with E-state index in [0.29, 0.717) is 16.4 Å². The lowest BCUT2D eigenvalue weighted by Crippen LogP contribution is -2.33. The van der Waals surface area contributed by atoms with E-state index in [4.69, 9.17) is 11.6 Å². The number of alkyl halides is 2. The second kappa shape index (κ2) is 9.40. The van der Waals surface area contributed by atoms with Gasteiger partial charge in [-0.1, -0.05) is 54.1 Å². The van der Waals surface area contributed by atoms with Gasteiger partial charge >= 0.3 is 6.61 Å². The second-order valence-electron chi connectivity index (χ2n) is 7.40. The van der Waals surface area contributed by atoms with E-state index in [-0.39, 0.29) is 17.7 Å². The van der Waals surface area contributed by atoms with Gasteiger partial charge in [-0.3, -0.25) is 9.69 Å². The Labute approximate surface area is 190 Å². The van der Waals surface area contributed by atoms with Crippen LogP contribution in [0.1, 0.15) is 30.1 Å². The van der Waals surface area contributed by atoms with Crippen LogP contribution in [0.4, 0.5) is 14.5 Å². The summed E-state index contributed by atoms with van der Waals surface area (Å²) in [6, 6.07) is 22.6. The van der Waals surface area contributed by atoms with Gasteiger partial charge in [0.1, 0.15) is 5.75 Å². The van der Waals surface area contributed by atoms with Crippen LogP contribution < -0.4 is 15.0 Å². The van der Waals surface area contributed by atoms with E-state index in [1.165, 1.54) is 12.1 Å². The van der Waals surface area contributed by atoms with Crippen molar-refractivity contribution >= 4 is 23.2 Å². The Morgan fingerprint density at radius 3 is 2.38 bits per heavy atom. The van der Waals surface area contributed by atoms with E-state index in [9.17, 15) is 13.6 Å². The van der Waals surface area contributed by atoms with Crippen LogP contribution in [-0.4, -0.2) is 12.5 Å². The fraction of sp³-hybridized carbons (Fsp3) is 0.160. The van der Waals surface area contributed by atoms with Gasteiger partial charge in [0.25, 0.3) is 5.91 Å². The number of ether oxygens (including phenoxy) is 1. The van der Waals surface area contributed by atoms with Crippen LogP contribution in [0.2, 0.25) is 5.02 Å². The molecule has 32 heavy (non-hydrogen) atoms. The van der Waals surface area contributed by atoms with Crippen LogP contribution in [-0.2, 0) is 4.79 Å². The predicted octanol–water partition coefficient (Wildman–Crippen LogP) is 6.26. The highest BCUT2D eigenvalue weighted by molar-refractivity contribution is 6.30. The van der Waals surface area contributed by atoms with Crippen LogP contribution >= 0.6 is 11.6 Å². The van der Waals surface area contributed by atoms with Gasteiger partial charge in [0.2, 0.25) is 0 Å². The molecule has 0 bridgehead atoms. The van der Waals surface area contributed by atoms with Crippen molar-refractivity contribution in [3.8, 4) is 5.75 Å². The molecule has 0 fully saturated rings. The highest BCUT2D eigenvalue weighted by Gasteiger charge is 2.35. The molecule has 0 saturated carbocycles. The fourth-order valence-electron chi connectivity index (χ4n) is 3.73. The van der Waals surface area contributed by atoms with Gasteiger partial charge < -0.3 is 10.1 Å². The Hall–Kier alpha value is -3.38. The first-order valence-corrected chi connectivity index (χ1v) is 10.5. The highest BCUT2D eigenvalue weighted by atomic mass is 35.5. The number of nitrogens with one attached hydrogen (secondary N) is 1. The predicted molar refractivity (Wildman–Crippen MR) is 121 cm³/mol. The summed E-state index contributed by atoms with van der Waals surface area (Å²) >= 11 is 6.20. The lowest BCUT2D eigenvalue weighted by Gasteiger charge is -2.26. The number of amides is 1. The van der Waals surface area contributed by atoms with Crippen molar-refractivity contribution < 1.29 is 18.3 Å². The summed E-state index contributed by atoms with van der Waals surface area (Å²) in [4.78, 5) is 15.0. The van der Waals surface area contributed by atoms with Crippen molar-refractivity contribution in [2.75, 3.05) is 4.90 Å². The van der Waals surface area contributed by atoms with Crippen LogP contribution in [0.25, 0.3) is 0 Å². The molecule has 1 N–H and O–H groups in total. The summed E-state index contributed by atoms with van der Waals surface area (Å²) < 4.78 is 29.4. The van der Waals surface area contributed by atoms with E-state index < -0.39 is 12.7 Å². The van der Waals surface area contributed by atoms with Crippen LogP contribution in [0.15, 0.2) is 90.6 Å². The Morgan fingerprint density at radius 2 is 1.72 bits per heavy atom. The molecule has 3 aromatic carbocycles. The van der Waals surface area contributed by atoms with E-state index in [1.54, 1.807) is 29.2 Å². The molecule has 0 saturated heterocycles. The largest absolute Gasteiger partial charge is 0.435 e. The average Bonchev–Trinajstić information content (AvgIpc) is 3.10. The molecule has 0 aromatic heterocycles. The molecule has 1 aliphatic heterocycles. The summed E-state index contributed by atoms with van der Waals surface area (Å²) in [5, 5.41) is 3.87. The number of hydrogen-bond acceptors (Lipinski definition) is 3. The molecule has 2 atom stereocenters. The first-order chi connectivity index (χ1) is 15.4. The zero-order valence-electron chi connectivity index (χ0n) is 17.2. The van der Waals surface area contributed by atoms with Crippen LogP contribution in [0.5, 0.6) is 5.75 Å². The molecule has 3 aromatic rings. The van der Waals surface area contributed by atoms with Gasteiger partial charge in [-0.05, 0) is 60.5 Å². The summed E-state index contributed by atoms with van der Waals surface area (Å²) in [5.41, 5.74) is 2.90. The van der Waals surface area contributed by atoms with E-state index >= 15 is 0 Å². The van der Waals surface area contributed by atoms with Crippen LogP contribution in [0, 0.1) is 0 Å². The molecule has 164 valence electrons. The third-order valence-corrected chi connectivity index (χ3v) is 5.49. The summed E-state index contributed by atoms with van der Waals surface area (Å²) in [7, 11) is 0. The number of halogens is 3. The fourth-order valence-corrected chi connectivity index (χ4v) is 3.93. The quantitative estimate of drug-likeness (QED) is 0.458. The zero-order chi connectivity index (χ0) is 22.7. The van der Waals surface area contributed by atoms with Gasteiger partial charge in [-0.15, -0.1) is 0 Å². The maximum atomic E-state index is 13.4. The van der Waals surface area contributed by atoms with Crippen molar-refractivity contribution in [2.24, 2.45) is 0 Å². The number of hydrogen-bond donors (Lipinski definition) is 1. The lowest BCUT2D eigenvalue weighted by atomic mass is 10.1. The van der Waals surface area contributed by atoms with Gasteiger partial charge in [0.15, 0.2) is 0 Å². The third kappa shape index (κ3) is 4.75. The van der Waals surface area contributed by atoms with Crippen molar-refractivity contribution in [2.45, 2.75) is 25.6 Å². The molecule has 0 radical (unpaired) electrons. The number of rotatable bonds is 7. The molecule has 1 unspecified atom stereocenters. The molecule has 0 spiro atoms. The second-order valence-corrected chi connectivity index (χ2v) is 7.84. The number of benzene rings is 3. The first kappa shape index (κ1) is 21.8. The van der Waals surface area contributed by atoms with Gasteiger partial charge in [0, 0.05) is 16.8 Å². The zero-order valence-corrected chi connectivity index (χ0v) is 18.0. The molecule has 7 heteroatoms. The summed E-state index contributed by atoms with van der Waals surface area (Å²) in [6.45, 7) is -0.929. The SMILES string of the molecule is C[C@@H](NC1=CC(c2cccc(Cl)c2)N(c2ccc(OC(F)F)cc2)C1=O)c1ccccc1. The Morgan fingerprint density at radius 1 is 1.00 bits per heavy atom. The van der Waals surface area contributed by atoms with E-state index in [1.807, 2.05) is 55.5 Å². The van der Waals surface area contributed by atoms with Gasteiger partial charge in [-0.2, -0.15) is 8.78 Å². The molecule has 1 heterocycles. The number of carbonyl (C=O) groups excluding carboxylic acids is 1. The van der Waals surface area contributed by atoms with Crippen molar-refractivity contribution in [3.05, 3.63) is 107 Å². The Bertz CT molecular complexity index is 1120. The van der Waals surface area contributed by atoms with Gasteiger partial charge in [0.05, 0.1) is 11.7 Å². The normalized spacial score (nSPS) is 16.8. The van der Waals surface area contributed by atoms with Crippen molar-refractivity contribution in [3.63, 3.8) is 0 Å². The molecular weight excluding hydrogens is 434 g/mol. The Kier molecular flexibility index (Phi) is 6.42. The number of nitrogens with zero attached hydrogens (tertiary/aromatic N) is 1. The standard InChI is InChI=1S/C25H21ClF2N2O2/c1-16(17-6-3-2-4-7-17)29-22-15-23(18-8-5-9-19(26)14-18)30(24(22)31)20-10-12-21(13-11-20)32-25(27)28/h2-16,23,25,29H,1H3/t16-,23?/m1/s1. The molecule has 4 rings (SSSR count). The minimum Gasteiger partial charge on any atom is -0.435 e. The molecule has 1 aliphatic rings. The summed E-state index contributed by atoms with van der Waals surface area (Å²) in [6.07, 6.45) is 1.86. The molecule has 4 nitrogen and oxygen atoms in total. The minimum atomic E-state index is -2.91. The van der Waals surface area contributed by atoms with Crippen LogP contribution in [0.3, 0.4) is 0 Å². The molecular formula is C25H21ClF2N2O2. The highest BCUT2D eigenvalue weighted by Crippen LogP contribution is 2.37. The third-order valence-electron chi connectivity index (χ3n) is 5.25. The molecule has 0 aliphatic carbocycles. The molecule has 1 amide bonds. The summed E-state index contributed by atoms with van der Waals surface area (Å²) in [5.74, 6) is -0.195. The minimum absolute atomic E-state index is 0.0266. The lowest BCUT2D eigenvalue weighted by molar-refractivity contribution is -0.115. The maximum absolute atomic E-state index is 13.4.